The van der Waals surface area contributed by atoms with Crippen LogP contribution in [0, 0.1) is 5.92 Å². The third-order valence-electron chi connectivity index (χ3n) is 3.85. The molecule has 1 unspecified atom stereocenters. The number of carbonyl (C=O) groups is 1. The second-order valence-corrected chi connectivity index (χ2v) is 5.49. The highest BCUT2D eigenvalue weighted by Gasteiger charge is 2.16. The van der Waals surface area contributed by atoms with Crippen molar-refractivity contribution in [3.63, 3.8) is 0 Å². The number of rotatable bonds is 5. The molecule has 0 spiro atoms. The molecule has 3 heteroatoms. The SMILES string of the molecule is CN(Cc1ccccc1)C(=O)CCC1CCCNC1. The molecule has 1 atom stereocenters. The fourth-order valence-corrected chi connectivity index (χ4v) is 2.63. The fourth-order valence-electron chi connectivity index (χ4n) is 2.63. The van der Waals surface area contributed by atoms with Gasteiger partial charge >= 0.3 is 0 Å². The summed E-state index contributed by atoms with van der Waals surface area (Å²) in [5, 5.41) is 3.40. The van der Waals surface area contributed by atoms with Gasteiger partial charge in [-0.1, -0.05) is 30.3 Å². The molecule has 104 valence electrons. The summed E-state index contributed by atoms with van der Waals surface area (Å²) >= 11 is 0. The summed E-state index contributed by atoms with van der Waals surface area (Å²) in [6, 6.07) is 10.2. The maximum Gasteiger partial charge on any atom is 0.222 e. The normalized spacial score (nSPS) is 19.1. The van der Waals surface area contributed by atoms with Crippen LogP contribution in [-0.2, 0) is 11.3 Å². The zero-order valence-corrected chi connectivity index (χ0v) is 11.8. The molecule has 2 rings (SSSR count). The highest BCUT2D eigenvalue weighted by Crippen LogP contribution is 2.16. The molecule has 0 aromatic heterocycles. The Hall–Kier alpha value is -1.35. The third-order valence-corrected chi connectivity index (χ3v) is 3.85. The lowest BCUT2D eigenvalue weighted by molar-refractivity contribution is -0.130. The molecule has 3 nitrogen and oxygen atoms in total. The van der Waals surface area contributed by atoms with Gasteiger partial charge in [0, 0.05) is 20.0 Å². The van der Waals surface area contributed by atoms with Gasteiger partial charge in [-0.15, -0.1) is 0 Å². The quantitative estimate of drug-likeness (QED) is 0.882. The van der Waals surface area contributed by atoms with Crippen LogP contribution in [0.25, 0.3) is 0 Å². The number of piperidine rings is 1. The van der Waals surface area contributed by atoms with Crippen LogP contribution >= 0.6 is 0 Å². The van der Waals surface area contributed by atoms with Gasteiger partial charge in [-0.25, -0.2) is 0 Å². The van der Waals surface area contributed by atoms with E-state index < -0.39 is 0 Å². The standard InChI is InChI=1S/C16H24N2O/c1-18(13-15-6-3-2-4-7-15)16(19)10-9-14-8-5-11-17-12-14/h2-4,6-7,14,17H,5,8-13H2,1H3. The number of nitrogens with zero attached hydrogens (tertiary/aromatic N) is 1. The van der Waals surface area contributed by atoms with Crippen LogP contribution in [0.5, 0.6) is 0 Å². The minimum Gasteiger partial charge on any atom is -0.341 e. The minimum atomic E-state index is 0.259. The van der Waals surface area contributed by atoms with Crippen molar-refractivity contribution >= 4 is 5.91 Å². The van der Waals surface area contributed by atoms with Crippen molar-refractivity contribution in [2.75, 3.05) is 20.1 Å². The number of amides is 1. The summed E-state index contributed by atoms with van der Waals surface area (Å²) in [4.78, 5) is 13.9. The maximum atomic E-state index is 12.1. The number of hydrogen-bond acceptors (Lipinski definition) is 2. The Morgan fingerprint density at radius 1 is 1.37 bits per heavy atom. The van der Waals surface area contributed by atoms with Crippen molar-refractivity contribution in [3.05, 3.63) is 35.9 Å². The summed E-state index contributed by atoms with van der Waals surface area (Å²) < 4.78 is 0. The van der Waals surface area contributed by atoms with Crippen molar-refractivity contribution in [2.24, 2.45) is 5.92 Å². The van der Waals surface area contributed by atoms with Crippen LogP contribution in [0.15, 0.2) is 30.3 Å². The Bertz CT molecular complexity index is 385. The van der Waals surface area contributed by atoms with E-state index in [1.165, 1.54) is 18.4 Å². The van der Waals surface area contributed by atoms with Crippen molar-refractivity contribution in [1.82, 2.24) is 10.2 Å². The molecule has 1 N–H and O–H groups in total. The lowest BCUT2D eigenvalue weighted by Crippen LogP contribution is -2.31. The molecule has 1 aliphatic rings. The van der Waals surface area contributed by atoms with E-state index in [-0.39, 0.29) is 5.91 Å². The third kappa shape index (κ3) is 4.67. The predicted octanol–water partition coefficient (Wildman–Crippen LogP) is 2.42. The molecule has 0 bridgehead atoms. The second-order valence-electron chi connectivity index (χ2n) is 5.49. The Labute approximate surface area is 116 Å². The molecule has 1 aliphatic heterocycles. The van der Waals surface area contributed by atoms with Gasteiger partial charge in [0.2, 0.25) is 5.91 Å². The smallest absolute Gasteiger partial charge is 0.222 e. The maximum absolute atomic E-state index is 12.1. The number of benzene rings is 1. The van der Waals surface area contributed by atoms with Crippen LogP contribution in [0.2, 0.25) is 0 Å². The molecule has 1 fully saturated rings. The summed E-state index contributed by atoms with van der Waals surface area (Å²) in [6.07, 6.45) is 4.21. The van der Waals surface area contributed by atoms with Crippen LogP contribution in [0.4, 0.5) is 0 Å². The Morgan fingerprint density at radius 3 is 2.84 bits per heavy atom. The first-order chi connectivity index (χ1) is 9.25. The Balaban J connectivity index is 1.73. The van der Waals surface area contributed by atoms with E-state index in [1.54, 1.807) is 0 Å². The average molecular weight is 260 g/mol. The number of hydrogen-bond donors (Lipinski definition) is 1. The zero-order chi connectivity index (χ0) is 13.5. The van der Waals surface area contributed by atoms with Gasteiger partial charge in [-0.3, -0.25) is 4.79 Å². The zero-order valence-electron chi connectivity index (χ0n) is 11.8. The Morgan fingerprint density at radius 2 is 2.16 bits per heavy atom. The summed E-state index contributed by atoms with van der Waals surface area (Å²) in [7, 11) is 1.90. The number of carbonyl (C=O) groups excluding carboxylic acids is 1. The molecule has 1 amide bonds. The van der Waals surface area contributed by atoms with Crippen LogP contribution in [0.1, 0.15) is 31.2 Å². The van der Waals surface area contributed by atoms with Crippen molar-refractivity contribution in [1.29, 1.82) is 0 Å². The average Bonchev–Trinajstić information content (AvgIpc) is 2.47. The van der Waals surface area contributed by atoms with Gasteiger partial charge in [0.1, 0.15) is 0 Å². The van der Waals surface area contributed by atoms with E-state index >= 15 is 0 Å². The lowest BCUT2D eigenvalue weighted by atomic mass is 9.94. The fraction of sp³-hybridized carbons (Fsp3) is 0.562. The molecule has 19 heavy (non-hydrogen) atoms. The van der Waals surface area contributed by atoms with Gasteiger partial charge in [-0.05, 0) is 43.8 Å². The predicted molar refractivity (Wildman–Crippen MR) is 77.7 cm³/mol. The van der Waals surface area contributed by atoms with E-state index in [2.05, 4.69) is 17.4 Å². The monoisotopic (exact) mass is 260 g/mol. The molecule has 0 radical (unpaired) electrons. The highest BCUT2D eigenvalue weighted by atomic mass is 16.2. The van der Waals surface area contributed by atoms with Gasteiger partial charge in [-0.2, -0.15) is 0 Å². The highest BCUT2D eigenvalue weighted by molar-refractivity contribution is 5.75. The lowest BCUT2D eigenvalue weighted by Gasteiger charge is -2.23. The van der Waals surface area contributed by atoms with Gasteiger partial charge in [0.05, 0.1) is 0 Å². The first-order valence-electron chi connectivity index (χ1n) is 7.24. The van der Waals surface area contributed by atoms with Crippen LogP contribution in [-0.4, -0.2) is 30.9 Å². The molecule has 1 aromatic carbocycles. The molecule has 0 aliphatic carbocycles. The Kier molecular flexibility index (Phi) is 5.40. The van der Waals surface area contributed by atoms with Crippen molar-refractivity contribution < 1.29 is 4.79 Å². The molecular formula is C16H24N2O. The summed E-state index contributed by atoms with van der Waals surface area (Å²) in [6.45, 7) is 2.93. The molecule has 0 saturated carbocycles. The van der Waals surface area contributed by atoms with Gasteiger partial charge < -0.3 is 10.2 Å². The van der Waals surface area contributed by atoms with Crippen LogP contribution < -0.4 is 5.32 Å². The summed E-state index contributed by atoms with van der Waals surface area (Å²) in [5.41, 5.74) is 1.19. The van der Waals surface area contributed by atoms with E-state index in [0.717, 1.165) is 19.5 Å². The summed E-state index contributed by atoms with van der Waals surface area (Å²) in [5.74, 6) is 0.942. The largest absolute Gasteiger partial charge is 0.341 e. The molecule has 1 saturated heterocycles. The van der Waals surface area contributed by atoms with Crippen LogP contribution in [0.3, 0.4) is 0 Å². The van der Waals surface area contributed by atoms with E-state index in [4.69, 9.17) is 0 Å². The molecule has 1 aromatic rings. The van der Waals surface area contributed by atoms with Crippen molar-refractivity contribution in [3.8, 4) is 0 Å². The van der Waals surface area contributed by atoms with E-state index in [1.807, 2.05) is 30.1 Å². The van der Waals surface area contributed by atoms with E-state index in [0.29, 0.717) is 18.9 Å². The minimum absolute atomic E-state index is 0.259. The molecular weight excluding hydrogens is 236 g/mol. The van der Waals surface area contributed by atoms with Gasteiger partial charge in [0.15, 0.2) is 0 Å². The molecule has 1 heterocycles. The number of nitrogens with one attached hydrogen (secondary N) is 1. The first-order valence-corrected chi connectivity index (χ1v) is 7.24. The van der Waals surface area contributed by atoms with Crippen molar-refractivity contribution in [2.45, 2.75) is 32.2 Å². The first kappa shape index (κ1) is 14.1. The van der Waals surface area contributed by atoms with Gasteiger partial charge in [0.25, 0.3) is 0 Å². The van der Waals surface area contributed by atoms with E-state index in [9.17, 15) is 4.79 Å². The second kappa shape index (κ2) is 7.29. The topological polar surface area (TPSA) is 32.3 Å².